The molecule has 0 aromatic heterocycles. The van der Waals surface area contributed by atoms with Crippen LogP contribution in [0.5, 0.6) is 23.0 Å². The number of rotatable bonds is 7. The van der Waals surface area contributed by atoms with Crippen LogP contribution in [0, 0.1) is 0 Å². The molecule has 5 nitrogen and oxygen atoms in total. The highest BCUT2D eigenvalue weighted by molar-refractivity contribution is 5.55. The van der Waals surface area contributed by atoms with Crippen LogP contribution in [0.1, 0.15) is 5.56 Å². The molecule has 0 atom stereocenters. The van der Waals surface area contributed by atoms with Crippen molar-refractivity contribution in [1.29, 1.82) is 0 Å². The van der Waals surface area contributed by atoms with E-state index in [1.165, 1.54) is 0 Å². The van der Waals surface area contributed by atoms with E-state index in [0.717, 1.165) is 17.0 Å². The van der Waals surface area contributed by atoms with Gasteiger partial charge < -0.3 is 24.3 Å². The molecule has 0 unspecified atom stereocenters. The molecule has 0 saturated heterocycles. The highest BCUT2D eigenvalue weighted by atomic mass is 16.5. The van der Waals surface area contributed by atoms with Gasteiger partial charge in [-0.15, -0.1) is 0 Å². The van der Waals surface area contributed by atoms with Crippen molar-refractivity contribution in [1.82, 2.24) is 0 Å². The molecule has 22 heavy (non-hydrogen) atoms. The Balaban J connectivity index is 2.18. The lowest BCUT2D eigenvalue weighted by Crippen LogP contribution is -2.02. The number of hydrogen-bond acceptors (Lipinski definition) is 5. The molecule has 2 rings (SSSR count). The van der Waals surface area contributed by atoms with E-state index in [9.17, 15) is 0 Å². The van der Waals surface area contributed by atoms with Crippen molar-refractivity contribution in [2.75, 3.05) is 33.8 Å². The first-order valence-corrected chi connectivity index (χ1v) is 6.88. The summed E-state index contributed by atoms with van der Waals surface area (Å²) >= 11 is 0. The van der Waals surface area contributed by atoms with E-state index < -0.39 is 0 Å². The van der Waals surface area contributed by atoms with E-state index in [1.807, 2.05) is 36.4 Å². The standard InChI is InChI=1S/C17H21NO4/c1-19-14-7-5-6-13(10-14)18-11-12-8-15(20-2)17(22-4)16(9-12)21-3/h5-10,18H,11H2,1-4H3. The molecular weight excluding hydrogens is 282 g/mol. The van der Waals surface area contributed by atoms with Gasteiger partial charge in [-0.1, -0.05) is 6.07 Å². The van der Waals surface area contributed by atoms with Crippen LogP contribution < -0.4 is 24.3 Å². The van der Waals surface area contributed by atoms with Crippen molar-refractivity contribution in [3.63, 3.8) is 0 Å². The predicted molar refractivity (Wildman–Crippen MR) is 86.4 cm³/mol. The van der Waals surface area contributed by atoms with Crippen molar-refractivity contribution >= 4 is 5.69 Å². The van der Waals surface area contributed by atoms with E-state index in [0.29, 0.717) is 23.8 Å². The third-order valence-electron chi connectivity index (χ3n) is 3.29. The zero-order valence-corrected chi connectivity index (χ0v) is 13.3. The predicted octanol–water partition coefficient (Wildman–Crippen LogP) is 3.33. The molecule has 5 heteroatoms. The molecule has 0 aliphatic heterocycles. The maximum atomic E-state index is 5.36. The zero-order chi connectivity index (χ0) is 15.9. The number of ether oxygens (including phenoxy) is 4. The summed E-state index contributed by atoms with van der Waals surface area (Å²) in [4.78, 5) is 0. The quantitative estimate of drug-likeness (QED) is 0.850. The second kappa shape index (κ2) is 7.45. The monoisotopic (exact) mass is 303 g/mol. The molecule has 0 aliphatic rings. The van der Waals surface area contributed by atoms with Gasteiger partial charge in [0, 0.05) is 18.3 Å². The average Bonchev–Trinajstić information content (AvgIpc) is 2.58. The molecule has 0 aliphatic carbocycles. The molecule has 0 radical (unpaired) electrons. The van der Waals surface area contributed by atoms with Crippen molar-refractivity contribution in [3.05, 3.63) is 42.0 Å². The molecule has 0 saturated carbocycles. The second-order valence-electron chi connectivity index (χ2n) is 4.62. The van der Waals surface area contributed by atoms with Crippen LogP contribution >= 0.6 is 0 Å². The minimum absolute atomic E-state index is 0.593. The minimum Gasteiger partial charge on any atom is -0.497 e. The van der Waals surface area contributed by atoms with Gasteiger partial charge in [-0.3, -0.25) is 0 Å². The van der Waals surface area contributed by atoms with Gasteiger partial charge in [0.05, 0.1) is 28.4 Å². The number of methoxy groups -OCH3 is 4. The minimum atomic E-state index is 0.593. The second-order valence-corrected chi connectivity index (χ2v) is 4.62. The summed E-state index contributed by atoms with van der Waals surface area (Å²) in [5.74, 6) is 2.69. The molecule has 0 heterocycles. The van der Waals surface area contributed by atoms with Crippen LogP contribution in [0.3, 0.4) is 0 Å². The lowest BCUT2D eigenvalue weighted by atomic mass is 10.1. The molecule has 0 bridgehead atoms. The molecule has 0 amide bonds. The van der Waals surface area contributed by atoms with E-state index in [1.54, 1.807) is 28.4 Å². The smallest absolute Gasteiger partial charge is 0.203 e. The Morgan fingerprint density at radius 1 is 0.818 bits per heavy atom. The highest BCUT2D eigenvalue weighted by Gasteiger charge is 2.12. The Bertz CT molecular complexity index is 603. The fraction of sp³-hybridized carbons (Fsp3) is 0.294. The summed E-state index contributed by atoms with van der Waals surface area (Å²) in [6.07, 6.45) is 0. The first-order chi connectivity index (χ1) is 10.7. The highest BCUT2D eigenvalue weighted by Crippen LogP contribution is 2.38. The number of nitrogens with one attached hydrogen (secondary N) is 1. The lowest BCUT2D eigenvalue weighted by molar-refractivity contribution is 0.324. The van der Waals surface area contributed by atoms with Gasteiger partial charge >= 0.3 is 0 Å². The third kappa shape index (κ3) is 3.55. The first-order valence-electron chi connectivity index (χ1n) is 6.88. The van der Waals surface area contributed by atoms with E-state index in [2.05, 4.69) is 5.32 Å². The van der Waals surface area contributed by atoms with Crippen molar-refractivity contribution in [2.45, 2.75) is 6.54 Å². The van der Waals surface area contributed by atoms with Gasteiger partial charge in [0.25, 0.3) is 0 Å². The van der Waals surface area contributed by atoms with Crippen molar-refractivity contribution < 1.29 is 18.9 Å². The summed E-state index contributed by atoms with van der Waals surface area (Å²) < 4.78 is 21.2. The van der Waals surface area contributed by atoms with Crippen LogP contribution in [0.25, 0.3) is 0 Å². The van der Waals surface area contributed by atoms with Crippen LogP contribution in [0.2, 0.25) is 0 Å². The molecule has 1 N–H and O–H groups in total. The van der Waals surface area contributed by atoms with Gasteiger partial charge in [-0.25, -0.2) is 0 Å². The topological polar surface area (TPSA) is 49.0 Å². The van der Waals surface area contributed by atoms with Crippen LogP contribution in [0.4, 0.5) is 5.69 Å². The summed E-state index contributed by atoms with van der Waals surface area (Å²) in [5, 5.41) is 3.34. The van der Waals surface area contributed by atoms with Gasteiger partial charge in [0.15, 0.2) is 11.5 Å². The van der Waals surface area contributed by atoms with Crippen LogP contribution in [-0.2, 0) is 6.54 Å². The molecule has 118 valence electrons. The summed E-state index contributed by atoms with van der Waals surface area (Å²) in [5.41, 5.74) is 2.01. The lowest BCUT2D eigenvalue weighted by Gasteiger charge is -2.15. The van der Waals surface area contributed by atoms with Gasteiger partial charge in [-0.05, 0) is 29.8 Å². The van der Waals surface area contributed by atoms with Crippen molar-refractivity contribution in [3.8, 4) is 23.0 Å². The fourth-order valence-electron chi connectivity index (χ4n) is 2.17. The maximum absolute atomic E-state index is 5.36. The molecule has 0 fully saturated rings. The van der Waals surface area contributed by atoms with E-state index >= 15 is 0 Å². The average molecular weight is 303 g/mol. The SMILES string of the molecule is COc1cccc(NCc2cc(OC)c(OC)c(OC)c2)c1. The fourth-order valence-corrected chi connectivity index (χ4v) is 2.17. The Hall–Kier alpha value is -2.56. The Labute approximate surface area is 130 Å². The van der Waals surface area contributed by atoms with Gasteiger partial charge in [0.1, 0.15) is 5.75 Å². The van der Waals surface area contributed by atoms with Crippen LogP contribution in [0.15, 0.2) is 36.4 Å². The van der Waals surface area contributed by atoms with Crippen LogP contribution in [-0.4, -0.2) is 28.4 Å². The molecular formula is C17H21NO4. The summed E-state index contributed by atoms with van der Waals surface area (Å²) in [6.45, 7) is 0.629. The third-order valence-corrected chi connectivity index (χ3v) is 3.29. The van der Waals surface area contributed by atoms with E-state index in [-0.39, 0.29) is 0 Å². The zero-order valence-electron chi connectivity index (χ0n) is 13.3. The largest absolute Gasteiger partial charge is 0.497 e. The number of anilines is 1. The molecule has 2 aromatic rings. The van der Waals surface area contributed by atoms with Gasteiger partial charge in [0.2, 0.25) is 5.75 Å². The molecule has 0 spiro atoms. The maximum Gasteiger partial charge on any atom is 0.203 e. The molecule has 2 aromatic carbocycles. The van der Waals surface area contributed by atoms with Gasteiger partial charge in [-0.2, -0.15) is 0 Å². The van der Waals surface area contributed by atoms with E-state index in [4.69, 9.17) is 18.9 Å². The Kier molecular flexibility index (Phi) is 5.36. The summed E-state index contributed by atoms with van der Waals surface area (Å²) in [7, 11) is 6.46. The number of hydrogen-bond donors (Lipinski definition) is 1. The number of benzene rings is 2. The Morgan fingerprint density at radius 3 is 2.05 bits per heavy atom. The normalized spacial score (nSPS) is 10.0. The first kappa shape index (κ1) is 15.8. The summed E-state index contributed by atoms with van der Waals surface area (Å²) in [6, 6.07) is 11.6. The van der Waals surface area contributed by atoms with Crippen molar-refractivity contribution in [2.24, 2.45) is 0 Å². The Morgan fingerprint density at radius 2 is 1.50 bits per heavy atom.